The van der Waals surface area contributed by atoms with Crippen LogP contribution in [0.1, 0.15) is 25.7 Å². The molecule has 1 spiro atoms. The Morgan fingerprint density at radius 2 is 1.22 bits per heavy atom. The topological polar surface area (TPSA) is 6.48 Å². The third-order valence-corrected chi connectivity index (χ3v) is 8.53. The average Bonchev–Trinajstić information content (AvgIpc) is 3.18. The number of hydrogen-bond donors (Lipinski definition) is 0. The molecule has 158 valence electrons. The Bertz CT molecular complexity index is 1200. The van der Waals surface area contributed by atoms with Gasteiger partial charge in [-0.3, -0.25) is 0 Å². The number of hydrogen-bond acceptors (Lipinski definition) is 2. The zero-order valence-corrected chi connectivity index (χ0v) is 18.7. The second-order valence-electron chi connectivity index (χ2n) is 9.64. The van der Waals surface area contributed by atoms with Gasteiger partial charge in [-0.15, -0.1) is 11.6 Å². The zero-order valence-electron chi connectivity index (χ0n) is 17.9. The monoisotopic (exact) mass is 436 g/mol. The lowest BCUT2D eigenvalue weighted by molar-refractivity contribution is 0.230. The van der Waals surface area contributed by atoms with Crippen molar-refractivity contribution in [3.8, 4) is 0 Å². The fraction of sp³-hybridized carbons (Fsp3) is 0.241. The number of halogens is 1. The number of fused-ring (bicyclic) bond motifs is 1. The highest BCUT2D eigenvalue weighted by atomic mass is 35.5. The molecule has 5 aliphatic rings. The second-order valence-corrected chi connectivity index (χ2v) is 10.2. The molecule has 0 N–H and O–H groups in total. The number of anilines is 4. The fourth-order valence-electron chi connectivity index (χ4n) is 6.46. The summed E-state index contributed by atoms with van der Waals surface area (Å²) in [7, 11) is 0. The Morgan fingerprint density at radius 1 is 0.688 bits per heavy atom. The van der Waals surface area contributed by atoms with Crippen molar-refractivity contribution in [1.82, 2.24) is 0 Å². The van der Waals surface area contributed by atoms with Crippen molar-refractivity contribution in [3.05, 3.63) is 108 Å². The van der Waals surface area contributed by atoms with Gasteiger partial charge in [-0.05, 0) is 78.6 Å². The molecule has 2 unspecified atom stereocenters. The largest absolute Gasteiger partial charge is 0.316 e. The Labute approximate surface area is 194 Å². The van der Waals surface area contributed by atoms with E-state index in [-0.39, 0.29) is 6.17 Å². The smallest absolute Gasteiger partial charge is 0.138 e. The summed E-state index contributed by atoms with van der Waals surface area (Å²) in [5.74, 6) is 0. The summed E-state index contributed by atoms with van der Waals surface area (Å²) in [6, 6.07) is 30.2. The molecule has 3 heteroatoms. The van der Waals surface area contributed by atoms with Gasteiger partial charge >= 0.3 is 0 Å². The molecule has 2 atom stereocenters. The quantitative estimate of drug-likeness (QED) is 0.306. The summed E-state index contributed by atoms with van der Waals surface area (Å²) < 4.78 is 0. The standard InChI is InChI=1S/C29H25ClN2/c30-29(21-10-9-17-28(18-21)19-22(29)20-28)27-31(23-11-3-1-4-12-23)25-15-7-8-16-26(25)32(27)24-13-5-2-6-14-24/h1-8,10-16,19,27H,9,17-18,20H2. The summed E-state index contributed by atoms with van der Waals surface area (Å²) in [5.41, 5.74) is 7.96. The Balaban J connectivity index is 1.50. The van der Waals surface area contributed by atoms with Crippen molar-refractivity contribution in [1.29, 1.82) is 0 Å². The average molecular weight is 437 g/mol. The van der Waals surface area contributed by atoms with Crippen LogP contribution in [0.3, 0.4) is 0 Å². The normalized spacial score (nSPS) is 28.0. The SMILES string of the molecule is ClC1(C2N(c3ccccc3)c3ccccc3N2c2ccccc2)C2=CCCC3(C=C1C3)C2. The summed E-state index contributed by atoms with van der Waals surface area (Å²) in [5, 5.41) is 0. The molecule has 2 nitrogen and oxygen atoms in total. The van der Waals surface area contributed by atoms with Gasteiger partial charge in [-0.2, -0.15) is 0 Å². The first-order chi connectivity index (χ1) is 15.7. The van der Waals surface area contributed by atoms with Gasteiger partial charge in [-0.1, -0.05) is 60.7 Å². The predicted molar refractivity (Wildman–Crippen MR) is 133 cm³/mol. The van der Waals surface area contributed by atoms with E-state index in [4.69, 9.17) is 11.6 Å². The Kier molecular flexibility index (Phi) is 3.79. The van der Waals surface area contributed by atoms with Gasteiger partial charge < -0.3 is 9.80 Å². The minimum absolute atomic E-state index is 0.0692. The molecule has 0 aromatic heterocycles. The summed E-state index contributed by atoms with van der Waals surface area (Å²) in [6.07, 6.45) is 9.51. The lowest BCUT2D eigenvalue weighted by Crippen LogP contribution is -2.61. The van der Waals surface area contributed by atoms with Gasteiger partial charge in [0.1, 0.15) is 11.0 Å². The highest BCUT2D eigenvalue weighted by molar-refractivity contribution is 6.30. The van der Waals surface area contributed by atoms with E-state index in [1.807, 2.05) is 0 Å². The van der Waals surface area contributed by atoms with Gasteiger partial charge in [0.15, 0.2) is 0 Å². The molecule has 3 aromatic carbocycles. The minimum Gasteiger partial charge on any atom is -0.316 e. The molecule has 4 aliphatic carbocycles. The first-order valence-corrected chi connectivity index (χ1v) is 12.0. The first kappa shape index (κ1) is 18.6. The molecule has 8 rings (SSSR count). The summed E-state index contributed by atoms with van der Waals surface area (Å²) in [4.78, 5) is 4.39. The van der Waals surface area contributed by atoms with Crippen LogP contribution in [0.4, 0.5) is 22.7 Å². The second kappa shape index (κ2) is 6.52. The van der Waals surface area contributed by atoms with Crippen LogP contribution in [0.25, 0.3) is 0 Å². The van der Waals surface area contributed by atoms with E-state index >= 15 is 0 Å². The van der Waals surface area contributed by atoms with Gasteiger partial charge in [0.25, 0.3) is 0 Å². The molecular weight excluding hydrogens is 412 g/mol. The molecule has 1 aliphatic heterocycles. The molecule has 0 saturated heterocycles. The Hall–Kier alpha value is -2.97. The van der Waals surface area contributed by atoms with Crippen LogP contribution in [-0.4, -0.2) is 11.0 Å². The highest BCUT2D eigenvalue weighted by Crippen LogP contribution is 2.67. The van der Waals surface area contributed by atoms with Crippen LogP contribution in [0.2, 0.25) is 0 Å². The van der Waals surface area contributed by atoms with Crippen molar-refractivity contribution in [2.75, 3.05) is 9.80 Å². The Morgan fingerprint density at radius 3 is 1.78 bits per heavy atom. The van der Waals surface area contributed by atoms with Crippen molar-refractivity contribution in [2.45, 2.75) is 36.7 Å². The van der Waals surface area contributed by atoms with Crippen molar-refractivity contribution >= 4 is 34.4 Å². The predicted octanol–water partition coefficient (Wildman–Crippen LogP) is 7.72. The highest BCUT2D eigenvalue weighted by Gasteiger charge is 2.62. The van der Waals surface area contributed by atoms with Crippen LogP contribution < -0.4 is 9.80 Å². The zero-order chi connectivity index (χ0) is 21.3. The molecule has 1 fully saturated rings. The van der Waals surface area contributed by atoms with Crippen molar-refractivity contribution < 1.29 is 0 Å². The first-order valence-electron chi connectivity index (χ1n) is 11.6. The van der Waals surface area contributed by atoms with E-state index in [2.05, 4.69) is 107 Å². The number of rotatable bonds is 3. The van der Waals surface area contributed by atoms with Crippen LogP contribution in [0.15, 0.2) is 108 Å². The molecule has 0 amide bonds. The number of alkyl halides is 1. The van der Waals surface area contributed by atoms with Crippen molar-refractivity contribution in [3.63, 3.8) is 0 Å². The number of nitrogens with zero attached hydrogens (tertiary/aromatic N) is 2. The number of para-hydroxylation sites is 4. The van der Waals surface area contributed by atoms with Gasteiger partial charge in [-0.25, -0.2) is 0 Å². The lowest BCUT2D eigenvalue weighted by Gasteiger charge is -2.59. The molecule has 3 aromatic rings. The summed E-state index contributed by atoms with van der Waals surface area (Å²) >= 11 is 7.89. The molecule has 3 bridgehead atoms. The minimum atomic E-state index is -0.549. The number of benzene rings is 3. The summed E-state index contributed by atoms with van der Waals surface area (Å²) in [6.45, 7) is 0. The van der Waals surface area contributed by atoms with Gasteiger partial charge in [0.2, 0.25) is 0 Å². The maximum absolute atomic E-state index is 7.89. The molecule has 1 heterocycles. The van der Waals surface area contributed by atoms with Gasteiger partial charge in [0, 0.05) is 11.4 Å². The third-order valence-electron chi connectivity index (χ3n) is 7.85. The van der Waals surface area contributed by atoms with E-state index in [0.29, 0.717) is 5.41 Å². The van der Waals surface area contributed by atoms with E-state index < -0.39 is 4.87 Å². The fourth-order valence-corrected chi connectivity index (χ4v) is 6.92. The van der Waals surface area contributed by atoms with E-state index in [9.17, 15) is 0 Å². The van der Waals surface area contributed by atoms with E-state index in [1.165, 1.54) is 40.3 Å². The van der Waals surface area contributed by atoms with E-state index in [0.717, 1.165) is 19.3 Å². The van der Waals surface area contributed by atoms with Crippen LogP contribution in [0.5, 0.6) is 0 Å². The van der Waals surface area contributed by atoms with E-state index in [1.54, 1.807) is 0 Å². The number of allylic oxidation sites excluding steroid dienone is 2. The lowest BCUT2D eigenvalue weighted by atomic mass is 9.52. The van der Waals surface area contributed by atoms with Gasteiger partial charge in [0.05, 0.1) is 11.4 Å². The molecule has 1 saturated carbocycles. The van der Waals surface area contributed by atoms with Crippen LogP contribution in [0, 0.1) is 5.41 Å². The third kappa shape index (κ3) is 2.36. The maximum Gasteiger partial charge on any atom is 0.138 e. The molecule has 32 heavy (non-hydrogen) atoms. The maximum atomic E-state index is 7.89. The van der Waals surface area contributed by atoms with Crippen LogP contribution >= 0.6 is 11.6 Å². The van der Waals surface area contributed by atoms with Crippen LogP contribution in [-0.2, 0) is 0 Å². The van der Waals surface area contributed by atoms with Crippen molar-refractivity contribution in [2.24, 2.45) is 5.41 Å². The molecule has 0 radical (unpaired) electrons. The molecular formula is C29H25ClN2.